The van der Waals surface area contributed by atoms with Gasteiger partial charge in [0.1, 0.15) is 17.5 Å². The monoisotopic (exact) mass is 414 g/mol. The minimum atomic E-state index is 0.214. The number of benzene rings is 1. The number of nitrogens with one attached hydrogen (secondary N) is 1. The number of aromatic nitrogens is 6. The topological polar surface area (TPSA) is 84.7 Å². The summed E-state index contributed by atoms with van der Waals surface area (Å²) in [4.78, 5) is 20.0. The van der Waals surface area contributed by atoms with E-state index in [1.54, 1.807) is 18.6 Å². The third-order valence-electron chi connectivity index (χ3n) is 4.78. The van der Waals surface area contributed by atoms with Gasteiger partial charge in [0.15, 0.2) is 0 Å². The van der Waals surface area contributed by atoms with Crippen LogP contribution in [-0.2, 0) is 13.1 Å². The molecule has 0 spiro atoms. The quantitative estimate of drug-likeness (QED) is 0.469. The molecule has 0 aliphatic carbocycles. The van der Waals surface area contributed by atoms with Crippen molar-refractivity contribution in [3.05, 3.63) is 84.5 Å². The molecule has 0 fully saturated rings. The highest BCUT2D eigenvalue weighted by atomic mass is 15.3. The molecule has 0 bridgehead atoms. The van der Waals surface area contributed by atoms with E-state index in [-0.39, 0.29) is 5.92 Å². The Morgan fingerprint density at radius 3 is 2.65 bits per heavy atom. The Balaban J connectivity index is 1.51. The molecule has 0 radical (unpaired) electrons. The molecule has 8 heteroatoms. The Kier molecular flexibility index (Phi) is 6.16. The summed E-state index contributed by atoms with van der Waals surface area (Å²) in [7, 11) is 2.03. The smallest absolute Gasteiger partial charge is 0.135 e. The van der Waals surface area contributed by atoms with Crippen LogP contribution in [0.15, 0.2) is 67.4 Å². The standard InChI is InChI=1S/C23H26N8/c1-17(2)23-28-21(26-14-19-13-24-9-10-25-19)11-22(29-23)30(3)15-18-12-27-31(16-18)20-7-5-4-6-8-20/h4-13,16-17H,14-15H2,1-3H3,(H,26,28,29). The summed E-state index contributed by atoms with van der Waals surface area (Å²) in [5.41, 5.74) is 3.00. The summed E-state index contributed by atoms with van der Waals surface area (Å²) in [6.07, 6.45) is 9.03. The predicted octanol–water partition coefficient (Wildman–Crippen LogP) is 3.82. The Hall–Kier alpha value is -3.81. The largest absolute Gasteiger partial charge is 0.364 e. The molecule has 3 aromatic heterocycles. The highest BCUT2D eigenvalue weighted by Gasteiger charge is 2.13. The molecule has 4 aromatic rings. The lowest BCUT2D eigenvalue weighted by atomic mass is 10.2. The maximum Gasteiger partial charge on any atom is 0.135 e. The van der Waals surface area contributed by atoms with E-state index in [2.05, 4.69) is 44.1 Å². The fourth-order valence-electron chi connectivity index (χ4n) is 3.12. The molecular formula is C23H26N8. The number of nitrogens with zero attached hydrogens (tertiary/aromatic N) is 7. The van der Waals surface area contributed by atoms with Crippen LogP contribution in [0.4, 0.5) is 11.6 Å². The average Bonchev–Trinajstić information content (AvgIpc) is 3.27. The number of anilines is 2. The van der Waals surface area contributed by atoms with Gasteiger partial charge in [0, 0.05) is 49.7 Å². The van der Waals surface area contributed by atoms with Crippen molar-refractivity contribution in [2.45, 2.75) is 32.9 Å². The van der Waals surface area contributed by atoms with Crippen LogP contribution in [0, 0.1) is 0 Å². The van der Waals surface area contributed by atoms with E-state index in [1.807, 2.05) is 60.5 Å². The summed E-state index contributed by atoms with van der Waals surface area (Å²) in [6.45, 7) is 5.42. The zero-order valence-corrected chi connectivity index (χ0v) is 18.0. The first-order chi connectivity index (χ1) is 15.1. The Labute approximate surface area is 182 Å². The van der Waals surface area contributed by atoms with Gasteiger partial charge in [-0.3, -0.25) is 9.97 Å². The number of rotatable bonds is 8. The van der Waals surface area contributed by atoms with E-state index >= 15 is 0 Å². The second kappa shape index (κ2) is 9.34. The zero-order valence-electron chi connectivity index (χ0n) is 18.0. The molecule has 4 rings (SSSR count). The Morgan fingerprint density at radius 2 is 1.90 bits per heavy atom. The molecular weight excluding hydrogens is 388 g/mol. The van der Waals surface area contributed by atoms with Gasteiger partial charge in [-0.1, -0.05) is 32.0 Å². The second-order valence-corrected chi connectivity index (χ2v) is 7.66. The molecule has 158 valence electrons. The van der Waals surface area contributed by atoms with Gasteiger partial charge < -0.3 is 10.2 Å². The van der Waals surface area contributed by atoms with Crippen LogP contribution >= 0.6 is 0 Å². The van der Waals surface area contributed by atoms with Crippen molar-refractivity contribution in [3.63, 3.8) is 0 Å². The molecule has 0 saturated carbocycles. The van der Waals surface area contributed by atoms with E-state index in [4.69, 9.17) is 4.98 Å². The van der Waals surface area contributed by atoms with Gasteiger partial charge in [-0.2, -0.15) is 5.10 Å². The van der Waals surface area contributed by atoms with Crippen molar-refractivity contribution in [3.8, 4) is 5.69 Å². The van der Waals surface area contributed by atoms with Crippen molar-refractivity contribution < 1.29 is 0 Å². The van der Waals surface area contributed by atoms with E-state index in [0.29, 0.717) is 13.1 Å². The molecule has 0 aliphatic rings. The van der Waals surface area contributed by atoms with Gasteiger partial charge in [0.2, 0.25) is 0 Å². The first-order valence-corrected chi connectivity index (χ1v) is 10.3. The van der Waals surface area contributed by atoms with Crippen LogP contribution in [0.2, 0.25) is 0 Å². The number of hydrogen-bond acceptors (Lipinski definition) is 7. The van der Waals surface area contributed by atoms with Gasteiger partial charge in [-0.25, -0.2) is 14.6 Å². The maximum absolute atomic E-state index is 4.77. The molecule has 0 aliphatic heterocycles. The van der Waals surface area contributed by atoms with Crippen molar-refractivity contribution in [2.24, 2.45) is 0 Å². The summed E-state index contributed by atoms with van der Waals surface area (Å²) in [5.74, 6) is 2.64. The SMILES string of the molecule is CC(C)c1nc(NCc2cnccn2)cc(N(C)Cc2cnn(-c3ccccc3)c2)n1. The Morgan fingerprint density at radius 1 is 1.06 bits per heavy atom. The van der Waals surface area contributed by atoms with E-state index in [9.17, 15) is 0 Å². The van der Waals surface area contributed by atoms with Crippen molar-refractivity contribution in [2.75, 3.05) is 17.3 Å². The molecule has 1 aromatic carbocycles. The summed E-state index contributed by atoms with van der Waals surface area (Å²) < 4.78 is 1.89. The van der Waals surface area contributed by atoms with Crippen LogP contribution in [-0.4, -0.2) is 36.8 Å². The van der Waals surface area contributed by atoms with Gasteiger partial charge in [0.05, 0.1) is 30.3 Å². The predicted molar refractivity (Wildman–Crippen MR) is 121 cm³/mol. The third-order valence-corrected chi connectivity index (χ3v) is 4.78. The van der Waals surface area contributed by atoms with Gasteiger partial charge in [-0.15, -0.1) is 0 Å². The highest BCUT2D eigenvalue weighted by molar-refractivity contribution is 5.49. The number of hydrogen-bond donors (Lipinski definition) is 1. The lowest BCUT2D eigenvalue weighted by Gasteiger charge is -2.20. The minimum absolute atomic E-state index is 0.214. The van der Waals surface area contributed by atoms with Crippen LogP contribution in [0.1, 0.15) is 36.8 Å². The first kappa shape index (κ1) is 20.5. The maximum atomic E-state index is 4.77. The first-order valence-electron chi connectivity index (χ1n) is 10.3. The second-order valence-electron chi connectivity index (χ2n) is 7.66. The zero-order chi connectivity index (χ0) is 21.6. The third kappa shape index (κ3) is 5.22. The van der Waals surface area contributed by atoms with E-state index in [1.165, 1.54) is 0 Å². The van der Waals surface area contributed by atoms with E-state index in [0.717, 1.165) is 34.4 Å². The lowest BCUT2D eigenvalue weighted by molar-refractivity contribution is 0.762. The fourth-order valence-corrected chi connectivity index (χ4v) is 3.12. The van der Waals surface area contributed by atoms with Gasteiger partial charge in [0.25, 0.3) is 0 Å². The van der Waals surface area contributed by atoms with Crippen molar-refractivity contribution >= 4 is 11.6 Å². The summed E-state index contributed by atoms with van der Waals surface area (Å²) in [6, 6.07) is 12.0. The minimum Gasteiger partial charge on any atom is -0.364 e. The molecule has 8 nitrogen and oxygen atoms in total. The molecule has 0 saturated heterocycles. The van der Waals surface area contributed by atoms with Crippen molar-refractivity contribution in [1.29, 1.82) is 0 Å². The molecule has 3 heterocycles. The van der Waals surface area contributed by atoms with Crippen LogP contribution in [0.25, 0.3) is 5.69 Å². The molecule has 31 heavy (non-hydrogen) atoms. The van der Waals surface area contributed by atoms with Crippen molar-refractivity contribution in [1.82, 2.24) is 29.7 Å². The fraction of sp³-hybridized carbons (Fsp3) is 0.261. The van der Waals surface area contributed by atoms with Crippen LogP contribution in [0.5, 0.6) is 0 Å². The highest BCUT2D eigenvalue weighted by Crippen LogP contribution is 2.21. The summed E-state index contributed by atoms with van der Waals surface area (Å²) >= 11 is 0. The molecule has 0 amide bonds. The lowest BCUT2D eigenvalue weighted by Crippen LogP contribution is -2.19. The average molecular weight is 415 g/mol. The van der Waals surface area contributed by atoms with Crippen LogP contribution in [0.3, 0.4) is 0 Å². The summed E-state index contributed by atoms with van der Waals surface area (Å²) in [5, 5.41) is 7.84. The molecule has 1 N–H and O–H groups in total. The van der Waals surface area contributed by atoms with Crippen LogP contribution < -0.4 is 10.2 Å². The number of para-hydroxylation sites is 1. The van der Waals surface area contributed by atoms with Gasteiger partial charge in [-0.05, 0) is 12.1 Å². The van der Waals surface area contributed by atoms with Gasteiger partial charge >= 0.3 is 0 Å². The molecule has 0 unspecified atom stereocenters. The molecule has 0 atom stereocenters. The Bertz CT molecular complexity index is 1110. The normalized spacial score (nSPS) is 11.0. The van der Waals surface area contributed by atoms with E-state index < -0.39 is 0 Å².